The van der Waals surface area contributed by atoms with Crippen molar-refractivity contribution >= 4 is 22.2 Å². The number of nitrogens with one attached hydrogen (secondary N) is 2. The molecule has 0 spiro atoms. The predicted octanol–water partition coefficient (Wildman–Crippen LogP) is 3.93. The molecule has 100 valence electrons. The maximum atomic E-state index is 4.63. The van der Waals surface area contributed by atoms with Gasteiger partial charge in [-0.1, -0.05) is 25.1 Å². The Hall–Kier alpha value is -2.20. The summed E-state index contributed by atoms with van der Waals surface area (Å²) in [7, 11) is 0. The maximum Gasteiger partial charge on any atom is 0.230 e. The number of rotatable bonds is 4. The normalized spacial score (nSPS) is 10.4. The van der Waals surface area contributed by atoms with Crippen LogP contribution in [0.3, 0.4) is 0 Å². The molecule has 0 amide bonds. The average Bonchev–Trinajstić information content (AvgIpc) is 2.97. The molecular weight excluding hydrogens is 266 g/mol. The van der Waals surface area contributed by atoms with Crippen molar-refractivity contribution < 1.29 is 4.98 Å². The standard InChI is InChI=1S/C16H15N3S/c1-2-12-7-3-4-8-13(12)18-16-19-15(11-20-16)14-9-5-6-10-17-14/h3-11H,2H2,1H3,(H,18,19)/p+1. The van der Waals surface area contributed by atoms with E-state index in [0.29, 0.717) is 0 Å². The van der Waals surface area contributed by atoms with Gasteiger partial charge >= 0.3 is 0 Å². The van der Waals surface area contributed by atoms with E-state index in [1.807, 2.05) is 30.5 Å². The highest BCUT2D eigenvalue weighted by Crippen LogP contribution is 2.26. The number of aromatic nitrogens is 2. The Kier molecular flexibility index (Phi) is 3.74. The molecule has 20 heavy (non-hydrogen) atoms. The van der Waals surface area contributed by atoms with Crippen molar-refractivity contribution in [1.29, 1.82) is 0 Å². The molecule has 0 saturated carbocycles. The van der Waals surface area contributed by atoms with Crippen molar-refractivity contribution in [2.75, 3.05) is 5.32 Å². The van der Waals surface area contributed by atoms with E-state index in [0.717, 1.165) is 28.6 Å². The molecule has 0 bridgehead atoms. The molecule has 2 aromatic heterocycles. The van der Waals surface area contributed by atoms with Crippen molar-refractivity contribution in [3.8, 4) is 11.4 Å². The van der Waals surface area contributed by atoms with Crippen LogP contribution in [0.5, 0.6) is 0 Å². The largest absolute Gasteiger partial charge is 0.331 e. The minimum Gasteiger partial charge on any atom is -0.331 e. The van der Waals surface area contributed by atoms with E-state index in [1.165, 1.54) is 5.56 Å². The number of H-pyrrole nitrogens is 1. The Morgan fingerprint density at radius 3 is 2.80 bits per heavy atom. The van der Waals surface area contributed by atoms with Gasteiger partial charge in [-0.2, -0.15) is 0 Å². The van der Waals surface area contributed by atoms with Gasteiger partial charge in [0.2, 0.25) is 5.69 Å². The van der Waals surface area contributed by atoms with Crippen LogP contribution in [0, 0.1) is 0 Å². The number of aromatic amines is 1. The number of para-hydroxylation sites is 1. The van der Waals surface area contributed by atoms with Crippen molar-refractivity contribution in [3.63, 3.8) is 0 Å². The zero-order chi connectivity index (χ0) is 13.8. The first kappa shape index (κ1) is 12.8. The van der Waals surface area contributed by atoms with E-state index in [9.17, 15) is 0 Å². The molecule has 4 heteroatoms. The molecule has 0 atom stereocenters. The predicted molar refractivity (Wildman–Crippen MR) is 83.2 cm³/mol. The molecule has 0 saturated heterocycles. The second kappa shape index (κ2) is 5.84. The van der Waals surface area contributed by atoms with Gasteiger partial charge in [0, 0.05) is 23.2 Å². The van der Waals surface area contributed by atoms with Crippen LogP contribution in [0.15, 0.2) is 54.0 Å². The highest BCUT2D eigenvalue weighted by atomic mass is 32.1. The summed E-state index contributed by atoms with van der Waals surface area (Å²) < 4.78 is 0. The molecular formula is C16H16N3S+. The Bertz CT molecular complexity index is 692. The van der Waals surface area contributed by atoms with Crippen LogP contribution in [-0.2, 0) is 6.42 Å². The fourth-order valence-electron chi connectivity index (χ4n) is 2.07. The number of anilines is 2. The second-order valence-electron chi connectivity index (χ2n) is 4.45. The molecule has 3 nitrogen and oxygen atoms in total. The van der Waals surface area contributed by atoms with Crippen molar-refractivity contribution in [3.05, 3.63) is 59.6 Å². The van der Waals surface area contributed by atoms with E-state index in [-0.39, 0.29) is 0 Å². The number of benzene rings is 1. The first-order valence-electron chi connectivity index (χ1n) is 6.64. The number of nitrogens with zero attached hydrogens (tertiary/aromatic N) is 1. The van der Waals surface area contributed by atoms with Crippen LogP contribution < -0.4 is 10.3 Å². The van der Waals surface area contributed by atoms with E-state index < -0.39 is 0 Å². The van der Waals surface area contributed by atoms with Crippen LogP contribution in [0.2, 0.25) is 0 Å². The molecule has 0 radical (unpaired) electrons. The van der Waals surface area contributed by atoms with Crippen LogP contribution in [0.4, 0.5) is 10.8 Å². The fourth-order valence-corrected chi connectivity index (χ4v) is 2.80. The molecule has 2 N–H and O–H groups in total. The quantitative estimate of drug-likeness (QED) is 0.787. The van der Waals surface area contributed by atoms with Gasteiger partial charge in [-0.3, -0.25) is 0 Å². The zero-order valence-electron chi connectivity index (χ0n) is 11.3. The molecule has 0 aliphatic rings. The Morgan fingerprint density at radius 2 is 2.00 bits per heavy atom. The summed E-state index contributed by atoms with van der Waals surface area (Å²) in [5.41, 5.74) is 4.43. The van der Waals surface area contributed by atoms with Gasteiger partial charge in [-0.15, -0.1) is 11.3 Å². The van der Waals surface area contributed by atoms with Gasteiger partial charge < -0.3 is 5.32 Å². The second-order valence-corrected chi connectivity index (χ2v) is 5.31. The number of hydrogen-bond donors (Lipinski definition) is 1. The molecule has 0 aliphatic carbocycles. The lowest BCUT2D eigenvalue weighted by Gasteiger charge is -2.07. The molecule has 2 heterocycles. The summed E-state index contributed by atoms with van der Waals surface area (Å²) in [6, 6.07) is 14.3. The third-order valence-electron chi connectivity index (χ3n) is 3.13. The van der Waals surface area contributed by atoms with E-state index in [2.05, 4.69) is 45.8 Å². The SMILES string of the molecule is CCc1ccccc1Nc1nc(-c2cccc[nH+]2)cs1. The van der Waals surface area contributed by atoms with Gasteiger partial charge in [0.1, 0.15) is 5.69 Å². The summed E-state index contributed by atoms with van der Waals surface area (Å²) >= 11 is 1.62. The Labute approximate surface area is 122 Å². The van der Waals surface area contributed by atoms with Crippen molar-refractivity contribution in [1.82, 2.24) is 4.98 Å². The van der Waals surface area contributed by atoms with Gasteiger partial charge in [0.05, 0.1) is 0 Å². The average molecular weight is 282 g/mol. The van der Waals surface area contributed by atoms with Gasteiger partial charge in [-0.05, 0) is 24.1 Å². The lowest BCUT2D eigenvalue weighted by molar-refractivity contribution is -0.364. The van der Waals surface area contributed by atoms with E-state index in [1.54, 1.807) is 11.3 Å². The first-order chi connectivity index (χ1) is 9.86. The number of aryl methyl sites for hydroxylation is 1. The summed E-state index contributed by atoms with van der Waals surface area (Å²) in [6.45, 7) is 2.16. The minimum atomic E-state index is 0.915. The van der Waals surface area contributed by atoms with Crippen LogP contribution >= 0.6 is 11.3 Å². The molecule has 3 rings (SSSR count). The number of hydrogen-bond acceptors (Lipinski definition) is 3. The molecule has 0 aliphatic heterocycles. The summed E-state index contributed by atoms with van der Waals surface area (Å²) in [6.07, 6.45) is 2.92. The van der Waals surface area contributed by atoms with E-state index in [4.69, 9.17) is 0 Å². The smallest absolute Gasteiger partial charge is 0.230 e. The highest BCUT2D eigenvalue weighted by molar-refractivity contribution is 7.14. The third-order valence-corrected chi connectivity index (χ3v) is 3.89. The number of thiazole rings is 1. The van der Waals surface area contributed by atoms with Crippen LogP contribution in [-0.4, -0.2) is 4.98 Å². The fraction of sp³-hybridized carbons (Fsp3) is 0.125. The monoisotopic (exact) mass is 282 g/mol. The maximum absolute atomic E-state index is 4.63. The topological polar surface area (TPSA) is 39.1 Å². The van der Waals surface area contributed by atoms with Crippen LogP contribution in [0.25, 0.3) is 11.4 Å². The minimum absolute atomic E-state index is 0.915. The summed E-state index contributed by atoms with van der Waals surface area (Å²) in [5.74, 6) is 0. The van der Waals surface area contributed by atoms with Crippen molar-refractivity contribution in [2.45, 2.75) is 13.3 Å². The molecule has 3 aromatic rings. The Morgan fingerprint density at radius 1 is 1.15 bits per heavy atom. The lowest BCUT2D eigenvalue weighted by Crippen LogP contribution is -2.04. The highest BCUT2D eigenvalue weighted by Gasteiger charge is 2.10. The molecule has 0 fully saturated rings. The molecule has 0 unspecified atom stereocenters. The third kappa shape index (κ3) is 2.70. The van der Waals surface area contributed by atoms with Gasteiger partial charge in [0.15, 0.2) is 11.3 Å². The van der Waals surface area contributed by atoms with Crippen LogP contribution in [0.1, 0.15) is 12.5 Å². The van der Waals surface area contributed by atoms with Gasteiger partial charge in [-0.25, -0.2) is 9.97 Å². The molecule has 1 aromatic carbocycles. The Balaban J connectivity index is 1.84. The first-order valence-corrected chi connectivity index (χ1v) is 7.52. The number of pyridine rings is 1. The zero-order valence-corrected chi connectivity index (χ0v) is 12.1. The van der Waals surface area contributed by atoms with E-state index >= 15 is 0 Å². The summed E-state index contributed by atoms with van der Waals surface area (Å²) in [4.78, 5) is 7.83. The summed E-state index contributed by atoms with van der Waals surface area (Å²) in [5, 5.41) is 6.38. The van der Waals surface area contributed by atoms with Gasteiger partial charge in [0.25, 0.3) is 0 Å². The lowest BCUT2D eigenvalue weighted by atomic mass is 10.1. The van der Waals surface area contributed by atoms with Crippen molar-refractivity contribution in [2.24, 2.45) is 0 Å².